The zero-order valence-electron chi connectivity index (χ0n) is 17.4. The van der Waals surface area contributed by atoms with Crippen molar-refractivity contribution in [2.75, 3.05) is 24.3 Å². The van der Waals surface area contributed by atoms with Crippen LogP contribution in [0, 0.1) is 0 Å². The average Bonchev–Trinajstić information content (AvgIpc) is 3.06. The van der Waals surface area contributed by atoms with Crippen molar-refractivity contribution in [2.24, 2.45) is 0 Å². The Morgan fingerprint density at radius 2 is 1.93 bits per heavy atom. The van der Waals surface area contributed by atoms with Crippen LogP contribution in [0.5, 0.6) is 5.88 Å². The zero-order chi connectivity index (χ0) is 21.2. The Labute approximate surface area is 176 Å². The number of halogens is 1. The highest BCUT2D eigenvalue weighted by molar-refractivity contribution is 6.74. The Kier molecular flexibility index (Phi) is 6.02. The molecule has 0 radical (unpaired) electrons. The van der Waals surface area contributed by atoms with Crippen molar-refractivity contribution in [3.05, 3.63) is 35.6 Å². The molecule has 0 aliphatic carbocycles. The van der Waals surface area contributed by atoms with E-state index < -0.39 is 8.32 Å². The summed E-state index contributed by atoms with van der Waals surface area (Å²) in [7, 11) is -1.81. The van der Waals surface area contributed by atoms with Gasteiger partial charge in [-0.05, 0) is 18.1 Å². The van der Waals surface area contributed by atoms with Gasteiger partial charge in [0.25, 0.3) is 0 Å². The lowest BCUT2D eigenvalue weighted by Gasteiger charge is -2.36. The number of hydrogen-bond donors (Lipinski definition) is 2. The van der Waals surface area contributed by atoms with Gasteiger partial charge < -0.3 is 20.2 Å². The van der Waals surface area contributed by atoms with E-state index in [9.17, 15) is 0 Å². The van der Waals surface area contributed by atoms with Crippen molar-refractivity contribution in [2.45, 2.75) is 38.9 Å². The Hall–Kier alpha value is -2.36. The van der Waals surface area contributed by atoms with E-state index in [1.54, 1.807) is 35.0 Å². The van der Waals surface area contributed by atoms with Crippen LogP contribution in [0.4, 0.5) is 17.3 Å². The van der Waals surface area contributed by atoms with Crippen LogP contribution in [-0.2, 0) is 4.43 Å². The molecule has 0 fully saturated rings. The summed E-state index contributed by atoms with van der Waals surface area (Å²) in [5.74, 6) is 1.56. The first-order valence-electron chi connectivity index (χ1n) is 9.37. The van der Waals surface area contributed by atoms with E-state index in [0.29, 0.717) is 47.2 Å². The van der Waals surface area contributed by atoms with Gasteiger partial charge in [0, 0.05) is 30.0 Å². The van der Waals surface area contributed by atoms with Crippen molar-refractivity contribution < 1.29 is 9.16 Å². The van der Waals surface area contributed by atoms with Crippen molar-refractivity contribution in [3.8, 4) is 5.88 Å². The molecule has 0 unspecified atom stereocenters. The first-order chi connectivity index (χ1) is 13.5. The molecule has 0 aliphatic rings. The fourth-order valence-electron chi connectivity index (χ4n) is 2.43. The van der Waals surface area contributed by atoms with E-state index in [1.807, 2.05) is 0 Å². The summed E-state index contributed by atoms with van der Waals surface area (Å²) in [6.45, 7) is 11.9. The van der Waals surface area contributed by atoms with Crippen LogP contribution in [0.3, 0.4) is 0 Å². The molecule has 0 spiro atoms. The minimum atomic E-state index is -1.81. The zero-order valence-corrected chi connectivity index (χ0v) is 19.1. The Bertz CT molecular complexity index is 1000. The predicted octanol–water partition coefficient (Wildman–Crippen LogP) is 4.50. The van der Waals surface area contributed by atoms with Crippen molar-refractivity contribution in [1.82, 2.24) is 19.6 Å². The quantitative estimate of drug-likeness (QED) is 0.320. The van der Waals surface area contributed by atoms with Gasteiger partial charge in [-0.2, -0.15) is 14.6 Å². The highest BCUT2D eigenvalue weighted by Gasteiger charge is 2.36. The number of hydrogen-bond acceptors (Lipinski definition) is 7. The third kappa shape index (κ3) is 5.17. The first-order valence-corrected chi connectivity index (χ1v) is 12.7. The van der Waals surface area contributed by atoms with Gasteiger partial charge in [-0.1, -0.05) is 32.4 Å². The van der Waals surface area contributed by atoms with Gasteiger partial charge in [-0.3, -0.25) is 0 Å². The number of nitrogens with two attached hydrogens (primary N) is 1. The average molecular weight is 435 g/mol. The van der Waals surface area contributed by atoms with Crippen molar-refractivity contribution in [1.29, 1.82) is 0 Å². The first kappa shape index (κ1) is 21.3. The second-order valence-electron chi connectivity index (χ2n) is 8.27. The minimum Gasteiger partial charge on any atom is -0.475 e. The van der Waals surface area contributed by atoms with Crippen LogP contribution < -0.4 is 15.8 Å². The summed E-state index contributed by atoms with van der Waals surface area (Å²) >= 11 is 6.09. The standard InChI is InChI=1S/C19H27ClN6O2Si/c1-19(2,3)29(4,5)28-9-8-27-18-11-13(21)10-15(25-18)24-17-12-14(20)23-16-6-7-22-26(16)17/h6-7,10-12H,8-9H2,1-5H3,(H3,21,24,25). The van der Waals surface area contributed by atoms with Gasteiger partial charge in [-0.25, -0.2) is 4.98 Å². The minimum absolute atomic E-state index is 0.156. The highest BCUT2D eigenvalue weighted by Crippen LogP contribution is 2.36. The molecule has 8 nitrogen and oxygen atoms in total. The Morgan fingerprint density at radius 1 is 1.17 bits per heavy atom. The van der Waals surface area contributed by atoms with E-state index >= 15 is 0 Å². The van der Waals surface area contributed by atoms with Gasteiger partial charge in [0.1, 0.15) is 23.4 Å². The van der Waals surface area contributed by atoms with Gasteiger partial charge >= 0.3 is 0 Å². The molecule has 3 heterocycles. The van der Waals surface area contributed by atoms with Crippen LogP contribution in [0.25, 0.3) is 5.65 Å². The van der Waals surface area contributed by atoms with E-state index in [-0.39, 0.29) is 5.04 Å². The number of ether oxygens (including phenoxy) is 1. The molecule has 0 aliphatic heterocycles. The molecule has 0 saturated heterocycles. The molecule has 0 atom stereocenters. The molecule has 3 N–H and O–H groups in total. The lowest BCUT2D eigenvalue weighted by atomic mass is 10.2. The summed E-state index contributed by atoms with van der Waals surface area (Å²) < 4.78 is 13.5. The van der Waals surface area contributed by atoms with Gasteiger partial charge in [-0.15, -0.1) is 0 Å². The van der Waals surface area contributed by atoms with E-state index in [4.69, 9.17) is 26.5 Å². The smallest absolute Gasteiger partial charge is 0.217 e. The summed E-state index contributed by atoms with van der Waals surface area (Å²) in [5, 5.41) is 7.91. The summed E-state index contributed by atoms with van der Waals surface area (Å²) in [6, 6.07) is 6.82. The molecule has 3 aromatic heterocycles. The maximum Gasteiger partial charge on any atom is 0.217 e. The number of aromatic nitrogens is 4. The molecule has 3 aromatic rings. The van der Waals surface area contributed by atoms with Crippen LogP contribution in [0.15, 0.2) is 30.5 Å². The van der Waals surface area contributed by atoms with Crippen molar-refractivity contribution in [3.63, 3.8) is 0 Å². The van der Waals surface area contributed by atoms with Crippen LogP contribution in [-0.4, -0.2) is 41.1 Å². The molecule has 29 heavy (non-hydrogen) atoms. The molecular weight excluding hydrogens is 408 g/mol. The SMILES string of the molecule is CC(C)(C)[Si](C)(C)OCCOc1cc(N)cc(Nc2cc(Cl)nc3ccnn23)n1. The van der Waals surface area contributed by atoms with E-state index in [0.717, 1.165) is 0 Å². The lowest BCUT2D eigenvalue weighted by molar-refractivity contribution is 0.199. The molecule has 3 rings (SSSR count). The van der Waals surface area contributed by atoms with Crippen molar-refractivity contribution >= 4 is 42.9 Å². The van der Waals surface area contributed by atoms with Gasteiger partial charge in [0.15, 0.2) is 14.0 Å². The maximum atomic E-state index is 6.13. The third-order valence-corrected chi connectivity index (χ3v) is 9.74. The number of rotatable bonds is 7. The highest BCUT2D eigenvalue weighted by atomic mass is 35.5. The molecule has 0 amide bonds. The Morgan fingerprint density at radius 3 is 2.66 bits per heavy atom. The molecule has 10 heteroatoms. The molecule has 0 aromatic carbocycles. The normalized spacial score (nSPS) is 12.3. The molecule has 0 saturated carbocycles. The summed E-state index contributed by atoms with van der Waals surface area (Å²) in [4.78, 5) is 8.68. The number of fused-ring (bicyclic) bond motifs is 1. The van der Waals surface area contributed by atoms with Crippen LogP contribution >= 0.6 is 11.6 Å². The lowest BCUT2D eigenvalue weighted by Crippen LogP contribution is -2.41. The second-order valence-corrected chi connectivity index (χ2v) is 13.5. The van der Waals surface area contributed by atoms with Crippen LogP contribution in [0.2, 0.25) is 23.3 Å². The summed E-state index contributed by atoms with van der Waals surface area (Å²) in [6.07, 6.45) is 1.65. The summed E-state index contributed by atoms with van der Waals surface area (Å²) in [5.41, 5.74) is 7.18. The van der Waals surface area contributed by atoms with Gasteiger partial charge in [0.2, 0.25) is 5.88 Å². The predicted molar refractivity (Wildman–Crippen MR) is 119 cm³/mol. The van der Waals surface area contributed by atoms with Gasteiger partial charge in [0.05, 0.1) is 12.8 Å². The van der Waals surface area contributed by atoms with E-state index in [2.05, 4.69) is 54.2 Å². The topological polar surface area (TPSA) is 99.6 Å². The maximum absolute atomic E-state index is 6.13. The molecular formula is C19H27ClN6O2Si. The third-order valence-electron chi connectivity index (χ3n) is 5.01. The second kappa shape index (κ2) is 8.17. The fraction of sp³-hybridized carbons (Fsp3) is 0.421. The number of pyridine rings is 1. The monoisotopic (exact) mass is 434 g/mol. The largest absolute Gasteiger partial charge is 0.475 e. The fourth-order valence-corrected chi connectivity index (χ4v) is 3.64. The number of nitrogen functional groups attached to an aromatic ring is 1. The number of nitrogens with one attached hydrogen (secondary N) is 1. The number of nitrogens with zero attached hydrogens (tertiary/aromatic N) is 4. The number of anilines is 3. The molecule has 0 bridgehead atoms. The Balaban J connectivity index is 1.68. The molecule has 156 valence electrons. The van der Waals surface area contributed by atoms with Crippen LogP contribution in [0.1, 0.15) is 20.8 Å². The van der Waals surface area contributed by atoms with E-state index in [1.165, 1.54) is 0 Å².